The second kappa shape index (κ2) is 9.30. The Kier molecular flexibility index (Phi) is 6.48. The maximum Gasteiger partial charge on any atom is 0.230 e. The van der Waals surface area contributed by atoms with Crippen molar-refractivity contribution in [2.75, 3.05) is 33.6 Å². The normalized spacial score (nSPS) is 15.6. The Balaban J connectivity index is 1.40. The first-order chi connectivity index (χ1) is 15.4. The zero-order valence-electron chi connectivity index (χ0n) is 18.4. The number of hydrogen-bond donors (Lipinski definition) is 0. The van der Waals surface area contributed by atoms with Gasteiger partial charge in [-0.2, -0.15) is 4.98 Å². The SMILES string of the molecule is COc1cc(CN2CCC(c3nc(-c4cccc(S(C)(=O)=O)c4)no3)CC2)cc(OC)c1. The summed E-state index contributed by atoms with van der Waals surface area (Å²) in [5, 5.41) is 4.09. The maximum atomic E-state index is 11.8. The Hall–Kier alpha value is -2.91. The summed E-state index contributed by atoms with van der Waals surface area (Å²) in [6.45, 7) is 2.63. The molecule has 0 atom stereocenters. The van der Waals surface area contributed by atoms with Gasteiger partial charge in [-0.05, 0) is 55.8 Å². The van der Waals surface area contributed by atoms with E-state index in [1.54, 1.807) is 38.5 Å². The van der Waals surface area contributed by atoms with Crippen LogP contribution in [0.25, 0.3) is 11.4 Å². The van der Waals surface area contributed by atoms with Crippen LogP contribution in [0, 0.1) is 0 Å². The van der Waals surface area contributed by atoms with E-state index in [4.69, 9.17) is 14.0 Å². The number of aromatic nitrogens is 2. The van der Waals surface area contributed by atoms with Gasteiger partial charge in [0.15, 0.2) is 9.84 Å². The van der Waals surface area contributed by atoms with Crippen molar-refractivity contribution >= 4 is 9.84 Å². The van der Waals surface area contributed by atoms with Crippen molar-refractivity contribution < 1.29 is 22.4 Å². The molecule has 32 heavy (non-hydrogen) atoms. The first kappa shape index (κ1) is 22.3. The quantitative estimate of drug-likeness (QED) is 0.532. The third kappa shape index (κ3) is 5.11. The van der Waals surface area contributed by atoms with Crippen molar-refractivity contribution in [3.63, 3.8) is 0 Å². The van der Waals surface area contributed by atoms with Crippen LogP contribution in [0.5, 0.6) is 11.5 Å². The van der Waals surface area contributed by atoms with Crippen LogP contribution in [0.2, 0.25) is 0 Å². The minimum atomic E-state index is -3.30. The number of methoxy groups -OCH3 is 2. The van der Waals surface area contributed by atoms with Crippen LogP contribution in [0.15, 0.2) is 51.9 Å². The van der Waals surface area contributed by atoms with Gasteiger partial charge in [-0.3, -0.25) is 4.90 Å². The predicted molar refractivity (Wildman–Crippen MR) is 120 cm³/mol. The lowest BCUT2D eigenvalue weighted by atomic mass is 9.96. The molecule has 1 aromatic heterocycles. The van der Waals surface area contributed by atoms with Gasteiger partial charge in [0.2, 0.25) is 11.7 Å². The maximum absolute atomic E-state index is 11.8. The zero-order chi connectivity index (χ0) is 22.7. The van der Waals surface area contributed by atoms with Crippen LogP contribution in [0.3, 0.4) is 0 Å². The van der Waals surface area contributed by atoms with E-state index in [1.807, 2.05) is 18.2 Å². The molecule has 1 aliphatic heterocycles. The molecular weight excluding hydrogens is 430 g/mol. The van der Waals surface area contributed by atoms with Gasteiger partial charge in [0.25, 0.3) is 0 Å². The standard InChI is InChI=1S/C23H27N3O5S/c1-29-19-11-16(12-20(14-19)30-2)15-26-9-7-17(8-10-26)23-24-22(25-31-23)18-5-4-6-21(13-18)32(3,27)28/h4-6,11-14,17H,7-10,15H2,1-3H3. The van der Waals surface area contributed by atoms with Gasteiger partial charge >= 0.3 is 0 Å². The van der Waals surface area contributed by atoms with Gasteiger partial charge in [-0.1, -0.05) is 17.3 Å². The highest BCUT2D eigenvalue weighted by molar-refractivity contribution is 7.90. The number of sulfone groups is 1. The van der Waals surface area contributed by atoms with Crippen LogP contribution in [0.4, 0.5) is 0 Å². The molecule has 1 fully saturated rings. The molecule has 8 nitrogen and oxygen atoms in total. The fourth-order valence-electron chi connectivity index (χ4n) is 3.94. The molecule has 0 spiro atoms. The first-order valence-corrected chi connectivity index (χ1v) is 12.3. The fourth-order valence-corrected chi connectivity index (χ4v) is 4.60. The number of piperidine rings is 1. The predicted octanol–water partition coefficient (Wildman–Crippen LogP) is 3.54. The van der Waals surface area contributed by atoms with Crippen LogP contribution < -0.4 is 9.47 Å². The molecule has 0 unspecified atom stereocenters. The Morgan fingerprint density at radius 1 is 1.06 bits per heavy atom. The van der Waals surface area contributed by atoms with E-state index in [0.717, 1.165) is 49.5 Å². The molecule has 3 aromatic rings. The molecule has 1 saturated heterocycles. The number of hydrogen-bond acceptors (Lipinski definition) is 8. The molecule has 2 heterocycles. The lowest BCUT2D eigenvalue weighted by molar-refractivity contribution is 0.187. The number of benzene rings is 2. The number of likely N-dealkylation sites (tertiary alicyclic amines) is 1. The first-order valence-electron chi connectivity index (χ1n) is 10.4. The van der Waals surface area contributed by atoms with E-state index in [1.165, 1.54) is 6.26 Å². The second-order valence-electron chi connectivity index (χ2n) is 8.03. The Morgan fingerprint density at radius 2 is 1.75 bits per heavy atom. The summed E-state index contributed by atoms with van der Waals surface area (Å²) in [6, 6.07) is 12.5. The van der Waals surface area contributed by atoms with Crippen LogP contribution in [0.1, 0.15) is 30.2 Å². The summed E-state index contributed by atoms with van der Waals surface area (Å²) in [5.41, 5.74) is 1.78. The molecular formula is C23H27N3O5S. The van der Waals surface area contributed by atoms with Gasteiger partial charge in [0, 0.05) is 30.3 Å². The number of nitrogens with zero attached hydrogens (tertiary/aromatic N) is 3. The Bertz CT molecular complexity index is 1160. The molecule has 0 aliphatic carbocycles. The molecule has 0 saturated carbocycles. The van der Waals surface area contributed by atoms with E-state index < -0.39 is 9.84 Å². The highest BCUT2D eigenvalue weighted by atomic mass is 32.2. The largest absolute Gasteiger partial charge is 0.497 e. The van der Waals surface area contributed by atoms with E-state index in [0.29, 0.717) is 17.3 Å². The molecule has 9 heteroatoms. The second-order valence-corrected chi connectivity index (χ2v) is 10.0. The van der Waals surface area contributed by atoms with E-state index in [2.05, 4.69) is 15.0 Å². The topological polar surface area (TPSA) is 94.8 Å². The van der Waals surface area contributed by atoms with Gasteiger partial charge in [0.1, 0.15) is 11.5 Å². The van der Waals surface area contributed by atoms with Crippen molar-refractivity contribution in [1.82, 2.24) is 15.0 Å². The smallest absolute Gasteiger partial charge is 0.230 e. The molecule has 0 radical (unpaired) electrons. The monoisotopic (exact) mass is 457 g/mol. The summed E-state index contributed by atoms with van der Waals surface area (Å²) in [6.07, 6.45) is 3.00. The highest BCUT2D eigenvalue weighted by Crippen LogP contribution is 2.30. The highest BCUT2D eigenvalue weighted by Gasteiger charge is 2.26. The van der Waals surface area contributed by atoms with E-state index in [-0.39, 0.29) is 10.8 Å². The van der Waals surface area contributed by atoms with E-state index >= 15 is 0 Å². The molecule has 170 valence electrons. The van der Waals surface area contributed by atoms with Crippen molar-refractivity contribution in [3.8, 4) is 22.9 Å². The van der Waals surface area contributed by atoms with Crippen molar-refractivity contribution in [2.45, 2.75) is 30.2 Å². The van der Waals surface area contributed by atoms with Crippen LogP contribution in [-0.2, 0) is 16.4 Å². The molecule has 0 bridgehead atoms. The number of ether oxygens (including phenoxy) is 2. The summed E-state index contributed by atoms with van der Waals surface area (Å²) >= 11 is 0. The average Bonchev–Trinajstić information content (AvgIpc) is 3.29. The van der Waals surface area contributed by atoms with Crippen molar-refractivity contribution in [1.29, 1.82) is 0 Å². The molecule has 1 aliphatic rings. The summed E-state index contributed by atoms with van der Waals surface area (Å²) in [7, 11) is 0.0104. The minimum absolute atomic E-state index is 0.186. The van der Waals surface area contributed by atoms with Gasteiger partial charge in [-0.25, -0.2) is 8.42 Å². The molecule has 0 N–H and O–H groups in total. The third-order valence-corrected chi connectivity index (χ3v) is 6.83. The summed E-state index contributed by atoms with van der Waals surface area (Å²) in [4.78, 5) is 7.18. The fraction of sp³-hybridized carbons (Fsp3) is 0.391. The van der Waals surface area contributed by atoms with Crippen molar-refractivity contribution in [3.05, 3.63) is 53.9 Å². The van der Waals surface area contributed by atoms with Gasteiger partial charge in [0.05, 0.1) is 19.1 Å². The number of rotatable bonds is 7. The van der Waals surface area contributed by atoms with Gasteiger partial charge in [-0.15, -0.1) is 0 Å². The molecule has 0 amide bonds. The third-order valence-electron chi connectivity index (χ3n) is 5.72. The van der Waals surface area contributed by atoms with E-state index in [9.17, 15) is 8.42 Å². The van der Waals surface area contributed by atoms with Crippen LogP contribution in [-0.4, -0.2) is 57.0 Å². The zero-order valence-corrected chi connectivity index (χ0v) is 19.3. The summed E-state index contributed by atoms with van der Waals surface area (Å²) in [5.74, 6) is 2.77. The van der Waals surface area contributed by atoms with Gasteiger partial charge < -0.3 is 14.0 Å². The Morgan fingerprint density at radius 3 is 2.38 bits per heavy atom. The lowest BCUT2D eigenvalue weighted by Crippen LogP contribution is -2.32. The lowest BCUT2D eigenvalue weighted by Gasteiger charge is -2.30. The molecule has 4 rings (SSSR count). The van der Waals surface area contributed by atoms with Crippen molar-refractivity contribution in [2.24, 2.45) is 0 Å². The minimum Gasteiger partial charge on any atom is -0.497 e. The molecule has 2 aromatic carbocycles. The van der Waals surface area contributed by atoms with Crippen LogP contribution >= 0.6 is 0 Å². The average molecular weight is 458 g/mol. The Labute approximate surface area is 188 Å². The summed E-state index contributed by atoms with van der Waals surface area (Å²) < 4.78 is 39.9.